The predicted octanol–water partition coefficient (Wildman–Crippen LogP) is 5.55. The SMILES string of the molecule is CCCC1CCC(c2ccc(OCCCC[Si](OC(C)=O)(OC(C)=O)OC(C)=O)cc2)CC1. The molecule has 1 saturated carbocycles. The van der Waals surface area contributed by atoms with Crippen LogP contribution < -0.4 is 4.74 Å². The van der Waals surface area contributed by atoms with Crippen LogP contribution in [0.4, 0.5) is 0 Å². The standard InChI is InChI=1S/C25H38O7Si/c1-5-8-22-9-11-23(12-10-22)24-13-15-25(16-14-24)29-17-6-7-18-33(30-19(2)26,31-20(3)27)32-21(4)28/h13-16,22-23H,5-12,17-18H2,1-4H3. The van der Waals surface area contributed by atoms with Crippen LogP contribution in [0.25, 0.3) is 0 Å². The molecule has 0 atom stereocenters. The second-order valence-electron chi connectivity index (χ2n) is 8.84. The summed E-state index contributed by atoms with van der Waals surface area (Å²) in [6, 6.07) is 8.53. The Morgan fingerprint density at radius 2 is 1.39 bits per heavy atom. The molecule has 1 aliphatic rings. The van der Waals surface area contributed by atoms with Gasteiger partial charge in [0.1, 0.15) is 5.75 Å². The molecular weight excluding hydrogens is 440 g/mol. The van der Waals surface area contributed by atoms with Crippen LogP contribution in [0.5, 0.6) is 5.75 Å². The van der Waals surface area contributed by atoms with Crippen molar-refractivity contribution in [2.45, 2.75) is 91.0 Å². The fourth-order valence-corrected chi connectivity index (χ4v) is 6.96. The van der Waals surface area contributed by atoms with Gasteiger partial charge in [-0.25, -0.2) is 0 Å². The normalized spacial score (nSPS) is 18.3. The van der Waals surface area contributed by atoms with E-state index in [0.717, 1.165) is 11.7 Å². The molecule has 1 aliphatic carbocycles. The largest absolute Gasteiger partial charge is 0.705 e. The van der Waals surface area contributed by atoms with Gasteiger partial charge in [-0.15, -0.1) is 0 Å². The average molecular weight is 479 g/mol. The summed E-state index contributed by atoms with van der Waals surface area (Å²) in [5, 5.41) is 0. The number of unbranched alkanes of at least 4 members (excludes halogenated alkanes) is 1. The number of rotatable bonds is 12. The van der Waals surface area contributed by atoms with Crippen molar-refractivity contribution in [3.63, 3.8) is 0 Å². The number of carbonyl (C=O) groups is 3. The molecule has 33 heavy (non-hydrogen) atoms. The van der Waals surface area contributed by atoms with Gasteiger partial charge in [0, 0.05) is 20.8 Å². The maximum Gasteiger partial charge on any atom is 0.705 e. The van der Waals surface area contributed by atoms with Crippen LogP contribution in [-0.2, 0) is 27.7 Å². The van der Waals surface area contributed by atoms with Crippen LogP contribution in [0.15, 0.2) is 24.3 Å². The predicted molar refractivity (Wildman–Crippen MR) is 127 cm³/mol. The molecule has 0 saturated heterocycles. The van der Waals surface area contributed by atoms with Gasteiger partial charge in [0.05, 0.1) is 12.7 Å². The Balaban J connectivity index is 1.80. The molecule has 0 aliphatic heterocycles. The van der Waals surface area contributed by atoms with Crippen LogP contribution in [-0.4, -0.2) is 33.3 Å². The zero-order valence-electron chi connectivity index (χ0n) is 20.4. The molecule has 2 rings (SSSR count). The molecule has 1 fully saturated rings. The highest BCUT2D eigenvalue weighted by Gasteiger charge is 2.51. The minimum atomic E-state index is -3.76. The van der Waals surface area contributed by atoms with E-state index in [1.807, 2.05) is 12.1 Å². The maximum absolute atomic E-state index is 11.5. The molecule has 7 nitrogen and oxygen atoms in total. The number of hydrogen-bond donors (Lipinski definition) is 0. The van der Waals surface area contributed by atoms with Gasteiger partial charge in [-0.05, 0) is 68.1 Å². The van der Waals surface area contributed by atoms with Gasteiger partial charge >= 0.3 is 8.80 Å². The first-order valence-electron chi connectivity index (χ1n) is 12.0. The maximum atomic E-state index is 11.5. The second-order valence-corrected chi connectivity index (χ2v) is 11.3. The van der Waals surface area contributed by atoms with Crippen molar-refractivity contribution in [3.8, 4) is 5.75 Å². The minimum Gasteiger partial charge on any atom is -0.494 e. The van der Waals surface area contributed by atoms with E-state index in [0.29, 0.717) is 25.4 Å². The van der Waals surface area contributed by atoms with Gasteiger partial charge in [0.2, 0.25) is 0 Å². The zero-order chi connectivity index (χ0) is 24.3. The van der Waals surface area contributed by atoms with Crippen LogP contribution in [0, 0.1) is 5.92 Å². The van der Waals surface area contributed by atoms with Gasteiger partial charge in [0.15, 0.2) is 0 Å². The second kappa shape index (κ2) is 13.4. The fourth-order valence-electron chi connectivity index (χ4n) is 4.54. The summed E-state index contributed by atoms with van der Waals surface area (Å²) in [6.45, 7) is 6.30. The molecule has 0 aromatic heterocycles. The summed E-state index contributed by atoms with van der Waals surface area (Å²) >= 11 is 0. The molecule has 184 valence electrons. The lowest BCUT2D eigenvalue weighted by atomic mass is 9.77. The molecule has 8 heteroatoms. The minimum absolute atomic E-state index is 0.161. The van der Waals surface area contributed by atoms with E-state index < -0.39 is 26.7 Å². The van der Waals surface area contributed by atoms with Crippen molar-refractivity contribution in [3.05, 3.63) is 29.8 Å². The monoisotopic (exact) mass is 478 g/mol. The number of ether oxygens (including phenoxy) is 1. The van der Waals surface area contributed by atoms with Gasteiger partial charge in [-0.1, -0.05) is 31.9 Å². The highest BCUT2D eigenvalue weighted by molar-refractivity contribution is 6.65. The lowest BCUT2D eigenvalue weighted by Crippen LogP contribution is -2.49. The van der Waals surface area contributed by atoms with E-state index in [1.165, 1.54) is 64.9 Å². The molecule has 0 spiro atoms. The smallest absolute Gasteiger partial charge is 0.494 e. The molecule has 0 N–H and O–H groups in total. The first kappa shape index (κ1) is 26.9. The van der Waals surface area contributed by atoms with Crippen LogP contribution in [0.1, 0.15) is 90.5 Å². The third kappa shape index (κ3) is 9.58. The van der Waals surface area contributed by atoms with Gasteiger partial charge < -0.3 is 18.0 Å². The topological polar surface area (TPSA) is 88.1 Å². The Kier molecular flexibility index (Phi) is 10.9. The molecule has 0 bridgehead atoms. The van der Waals surface area contributed by atoms with E-state index in [4.69, 9.17) is 18.0 Å². The van der Waals surface area contributed by atoms with Crippen molar-refractivity contribution in [2.24, 2.45) is 5.92 Å². The van der Waals surface area contributed by atoms with Crippen LogP contribution in [0.2, 0.25) is 6.04 Å². The summed E-state index contributed by atoms with van der Waals surface area (Å²) in [5.74, 6) is 0.396. The Labute approximate surface area is 198 Å². The molecule has 1 aromatic rings. The summed E-state index contributed by atoms with van der Waals surface area (Å²) in [6.07, 6.45) is 8.96. The highest BCUT2D eigenvalue weighted by atomic mass is 28.4. The molecule has 1 aromatic carbocycles. The first-order chi connectivity index (χ1) is 15.7. The fraction of sp³-hybridized carbons (Fsp3) is 0.640. The molecular formula is C25H38O7Si. The van der Waals surface area contributed by atoms with E-state index in [2.05, 4.69) is 19.1 Å². The third-order valence-electron chi connectivity index (χ3n) is 5.94. The van der Waals surface area contributed by atoms with E-state index in [1.54, 1.807) is 0 Å². The van der Waals surface area contributed by atoms with Crippen LogP contribution >= 0.6 is 0 Å². The van der Waals surface area contributed by atoms with Crippen molar-refractivity contribution < 1.29 is 32.4 Å². The van der Waals surface area contributed by atoms with Gasteiger partial charge in [0.25, 0.3) is 17.9 Å². The Morgan fingerprint density at radius 3 is 1.88 bits per heavy atom. The lowest BCUT2D eigenvalue weighted by Gasteiger charge is -2.28. The molecule has 0 unspecified atom stereocenters. The number of carbonyl (C=O) groups excluding carboxylic acids is 3. The first-order valence-corrected chi connectivity index (χ1v) is 14.0. The van der Waals surface area contributed by atoms with E-state index >= 15 is 0 Å². The molecule has 0 amide bonds. The third-order valence-corrected chi connectivity index (χ3v) is 8.70. The number of hydrogen-bond acceptors (Lipinski definition) is 7. The van der Waals surface area contributed by atoms with Gasteiger partial charge in [-0.3, -0.25) is 14.4 Å². The van der Waals surface area contributed by atoms with E-state index in [9.17, 15) is 14.4 Å². The lowest BCUT2D eigenvalue weighted by molar-refractivity contribution is -0.147. The van der Waals surface area contributed by atoms with Crippen LogP contribution in [0.3, 0.4) is 0 Å². The summed E-state index contributed by atoms with van der Waals surface area (Å²) in [4.78, 5) is 34.5. The van der Waals surface area contributed by atoms with Crippen molar-refractivity contribution in [1.29, 1.82) is 0 Å². The number of benzene rings is 1. The summed E-state index contributed by atoms with van der Waals surface area (Å²) < 4.78 is 21.4. The quantitative estimate of drug-likeness (QED) is 0.287. The zero-order valence-corrected chi connectivity index (χ0v) is 21.4. The Morgan fingerprint density at radius 1 is 0.848 bits per heavy atom. The van der Waals surface area contributed by atoms with Gasteiger partial charge in [-0.2, -0.15) is 0 Å². The molecule has 0 heterocycles. The molecule has 0 radical (unpaired) electrons. The summed E-state index contributed by atoms with van der Waals surface area (Å²) in [5.41, 5.74) is 1.39. The van der Waals surface area contributed by atoms with E-state index in [-0.39, 0.29) is 6.04 Å². The Hall–Kier alpha value is -2.35. The summed E-state index contributed by atoms with van der Waals surface area (Å²) in [7, 11) is -3.76. The average Bonchev–Trinajstić information content (AvgIpc) is 2.73. The van der Waals surface area contributed by atoms with Crippen molar-refractivity contribution >= 4 is 26.7 Å². The Bertz CT molecular complexity index is 729. The van der Waals surface area contributed by atoms with Crippen molar-refractivity contribution in [1.82, 2.24) is 0 Å². The van der Waals surface area contributed by atoms with Crippen molar-refractivity contribution in [2.75, 3.05) is 6.61 Å². The highest BCUT2D eigenvalue weighted by Crippen LogP contribution is 2.37.